The molecule has 0 amide bonds. The van der Waals surface area contributed by atoms with Gasteiger partial charge in [-0.25, -0.2) is 13.8 Å². The zero-order valence-corrected chi connectivity index (χ0v) is 15.6. The maximum atomic E-state index is 14.4. The number of hydrogen-bond acceptors (Lipinski definition) is 4. The number of anilines is 1. The number of halogens is 4. The van der Waals surface area contributed by atoms with Crippen molar-refractivity contribution in [3.05, 3.63) is 69.3 Å². The van der Waals surface area contributed by atoms with Crippen LogP contribution in [0.4, 0.5) is 14.5 Å². The maximum Gasteiger partial charge on any atom is 0.258 e. The van der Waals surface area contributed by atoms with E-state index in [1.807, 2.05) is 0 Å². The summed E-state index contributed by atoms with van der Waals surface area (Å²) in [6.07, 6.45) is 1.43. The molecule has 2 aromatic rings. The van der Waals surface area contributed by atoms with E-state index in [1.165, 1.54) is 6.07 Å². The lowest BCUT2D eigenvalue weighted by molar-refractivity contribution is 0.187. The van der Waals surface area contributed by atoms with Gasteiger partial charge in [0.2, 0.25) is 0 Å². The first kappa shape index (κ1) is 19.5. The highest BCUT2D eigenvalue weighted by molar-refractivity contribution is 6.44. The third kappa shape index (κ3) is 3.63. The van der Waals surface area contributed by atoms with E-state index in [1.54, 1.807) is 0 Å². The number of hydrogen-bond donors (Lipinski definition) is 2. The molecular formula is C18H15Cl2F2N3O2. The maximum absolute atomic E-state index is 14.4. The van der Waals surface area contributed by atoms with E-state index < -0.39 is 22.7 Å². The lowest BCUT2D eigenvalue weighted by Gasteiger charge is -2.33. The summed E-state index contributed by atoms with van der Waals surface area (Å²) >= 11 is 12.0. The zero-order chi connectivity index (χ0) is 19.8. The monoisotopic (exact) mass is 413 g/mol. The van der Waals surface area contributed by atoms with Crippen molar-refractivity contribution in [3.8, 4) is 0 Å². The highest BCUT2D eigenvalue weighted by atomic mass is 35.5. The van der Waals surface area contributed by atoms with Crippen LogP contribution >= 0.6 is 23.2 Å². The number of rotatable bonds is 5. The molecule has 3 rings (SSSR count). The molecule has 1 fully saturated rings. The van der Waals surface area contributed by atoms with Gasteiger partial charge in [0, 0.05) is 24.3 Å². The zero-order valence-electron chi connectivity index (χ0n) is 14.0. The van der Waals surface area contributed by atoms with Crippen LogP contribution < -0.4 is 10.9 Å². The van der Waals surface area contributed by atoms with Gasteiger partial charge in [-0.3, -0.25) is 4.79 Å². The summed E-state index contributed by atoms with van der Waals surface area (Å²) < 4.78 is 34.1. The van der Waals surface area contributed by atoms with Crippen LogP contribution in [0, 0.1) is 5.82 Å². The third-order valence-electron chi connectivity index (χ3n) is 4.31. The number of allylic oxidation sites excluding steroid dienone is 2. The minimum Gasteiger partial charge on any atom is -0.379 e. The van der Waals surface area contributed by atoms with Crippen LogP contribution in [0.1, 0.15) is 6.42 Å². The van der Waals surface area contributed by atoms with Crippen LogP contribution in [-0.4, -0.2) is 28.7 Å². The van der Waals surface area contributed by atoms with Gasteiger partial charge in [0.15, 0.2) is 5.82 Å². The van der Waals surface area contributed by atoms with Crippen LogP contribution in [0.2, 0.25) is 0 Å². The van der Waals surface area contributed by atoms with Gasteiger partial charge in [0.25, 0.3) is 5.56 Å². The van der Waals surface area contributed by atoms with Crippen molar-refractivity contribution in [1.82, 2.24) is 9.97 Å². The molecule has 1 aromatic carbocycles. The highest BCUT2D eigenvalue weighted by Gasteiger charge is 2.42. The molecule has 1 unspecified atom stereocenters. The Labute approximate surface area is 163 Å². The van der Waals surface area contributed by atoms with Gasteiger partial charge in [-0.05, 0) is 12.1 Å². The molecule has 1 saturated heterocycles. The molecule has 27 heavy (non-hydrogen) atoms. The Hall–Kier alpha value is -2.22. The molecule has 9 heteroatoms. The van der Waals surface area contributed by atoms with Gasteiger partial charge in [0.1, 0.15) is 11.3 Å². The first-order valence-electron chi connectivity index (χ1n) is 7.88. The molecule has 1 aromatic heterocycles. The van der Waals surface area contributed by atoms with Crippen molar-refractivity contribution < 1.29 is 13.5 Å². The number of aromatic amines is 1. The lowest BCUT2D eigenvalue weighted by atomic mass is 9.87. The Morgan fingerprint density at radius 2 is 2.11 bits per heavy atom. The number of benzene rings is 1. The van der Waals surface area contributed by atoms with Crippen LogP contribution in [0.25, 0.3) is 10.9 Å². The Balaban J connectivity index is 2.15. The molecule has 0 spiro atoms. The second-order valence-electron chi connectivity index (χ2n) is 6.09. The van der Waals surface area contributed by atoms with Gasteiger partial charge >= 0.3 is 0 Å². The summed E-state index contributed by atoms with van der Waals surface area (Å²) in [5.74, 6) is -1.52. The average molecular weight is 414 g/mol. The summed E-state index contributed by atoms with van der Waals surface area (Å²) in [5, 5.41) is 2.92. The molecule has 2 heterocycles. The minimum atomic E-state index is -1.16. The minimum absolute atomic E-state index is 0.0257. The van der Waals surface area contributed by atoms with Crippen LogP contribution in [-0.2, 0) is 4.74 Å². The first-order chi connectivity index (χ1) is 12.7. The van der Waals surface area contributed by atoms with Crippen molar-refractivity contribution in [3.63, 3.8) is 0 Å². The number of nitrogens with zero attached hydrogens (tertiary/aromatic N) is 1. The van der Waals surface area contributed by atoms with E-state index in [-0.39, 0.29) is 38.8 Å². The number of ether oxygens (including phenoxy) is 1. The van der Waals surface area contributed by atoms with E-state index in [0.717, 1.165) is 12.4 Å². The van der Waals surface area contributed by atoms with E-state index >= 15 is 0 Å². The summed E-state index contributed by atoms with van der Waals surface area (Å²) in [7, 11) is 0. The van der Waals surface area contributed by atoms with Crippen LogP contribution in [0.15, 0.2) is 57.9 Å². The molecule has 5 nitrogen and oxygen atoms in total. The molecule has 142 valence electrons. The van der Waals surface area contributed by atoms with Gasteiger partial charge < -0.3 is 15.0 Å². The largest absolute Gasteiger partial charge is 0.379 e. The molecule has 0 saturated carbocycles. The first-order valence-corrected chi connectivity index (χ1v) is 8.63. The van der Waals surface area contributed by atoms with Crippen molar-refractivity contribution in [2.45, 2.75) is 12.0 Å². The van der Waals surface area contributed by atoms with Crippen LogP contribution in [0.3, 0.4) is 0 Å². The molecular weight excluding hydrogens is 399 g/mol. The third-order valence-corrected chi connectivity index (χ3v) is 5.01. The Morgan fingerprint density at radius 3 is 2.70 bits per heavy atom. The number of nitrogens with one attached hydrogen (secondary N) is 2. The summed E-state index contributed by atoms with van der Waals surface area (Å²) in [4.78, 5) is 18.2. The number of aromatic nitrogens is 2. The van der Waals surface area contributed by atoms with E-state index in [4.69, 9.17) is 27.9 Å². The molecule has 2 N–H and O–H groups in total. The molecule has 1 aliphatic rings. The summed E-state index contributed by atoms with van der Waals surface area (Å²) in [5.41, 5.74) is -1.53. The average Bonchev–Trinajstić information content (AvgIpc) is 3.04. The number of fused-ring (bicyclic) bond motifs is 1. The fraction of sp³-hybridized carbons (Fsp3) is 0.222. The summed E-state index contributed by atoms with van der Waals surface area (Å²) in [6.45, 7) is 7.19. The standard InChI is InChI=1S/C18H15Cl2F2N3O2/c1-9(19)15(20)14(10(2)21)18(3-4-27-7-18)25-11-5-12-16(13(22)6-11)23-8-24-17(12)26/h5-6,8,25H,1-4,7H2,(H,23,24,26)/b15-14-. The van der Waals surface area contributed by atoms with Crippen LogP contribution in [0.5, 0.6) is 0 Å². The normalized spacial score (nSPS) is 20.4. The quantitative estimate of drug-likeness (QED) is 0.714. The molecule has 0 radical (unpaired) electrons. The second-order valence-corrected chi connectivity index (χ2v) is 6.93. The Bertz CT molecular complexity index is 1030. The Kier molecular flexibility index (Phi) is 5.37. The van der Waals surface area contributed by atoms with Gasteiger partial charge in [-0.2, -0.15) is 0 Å². The van der Waals surface area contributed by atoms with E-state index in [2.05, 4.69) is 28.4 Å². The topological polar surface area (TPSA) is 67.0 Å². The Morgan fingerprint density at radius 1 is 1.37 bits per heavy atom. The predicted octanol–water partition coefficient (Wildman–Crippen LogP) is 4.36. The fourth-order valence-electron chi connectivity index (χ4n) is 3.13. The van der Waals surface area contributed by atoms with Crippen molar-refractivity contribution in [1.29, 1.82) is 0 Å². The highest BCUT2D eigenvalue weighted by Crippen LogP contribution is 2.40. The molecule has 1 aliphatic heterocycles. The second kappa shape index (κ2) is 7.42. The molecule has 0 aliphatic carbocycles. The summed E-state index contributed by atoms with van der Waals surface area (Å²) in [6, 6.07) is 2.59. The smallest absolute Gasteiger partial charge is 0.258 e. The van der Waals surface area contributed by atoms with Crippen molar-refractivity contribution in [2.24, 2.45) is 0 Å². The van der Waals surface area contributed by atoms with E-state index in [0.29, 0.717) is 13.0 Å². The fourth-order valence-corrected chi connectivity index (χ4v) is 3.51. The SMILES string of the molecule is C=C(Cl)/C(Cl)=C(\C(=C)F)C1(Nc2cc(F)c3nc[nH]c(=O)c3c2)CCOC1. The van der Waals surface area contributed by atoms with Gasteiger partial charge in [-0.1, -0.05) is 36.4 Å². The molecule has 1 atom stereocenters. The number of H-pyrrole nitrogens is 1. The lowest BCUT2D eigenvalue weighted by Crippen LogP contribution is -2.42. The van der Waals surface area contributed by atoms with Gasteiger partial charge in [-0.15, -0.1) is 0 Å². The van der Waals surface area contributed by atoms with E-state index in [9.17, 15) is 13.6 Å². The van der Waals surface area contributed by atoms with Gasteiger partial charge in [0.05, 0.1) is 33.9 Å². The predicted molar refractivity (Wildman–Crippen MR) is 102 cm³/mol. The molecule has 0 bridgehead atoms. The van der Waals surface area contributed by atoms with Crippen molar-refractivity contribution >= 4 is 39.8 Å². The van der Waals surface area contributed by atoms with Crippen molar-refractivity contribution in [2.75, 3.05) is 18.5 Å².